The van der Waals surface area contributed by atoms with Gasteiger partial charge in [-0.3, -0.25) is 4.79 Å². The molecule has 6 nitrogen and oxygen atoms in total. The van der Waals surface area contributed by atoms with Crippen LogP contribution in [0.25, 0.3) is 0 Å². The van der Waals surface area contributed by atoms with Crippen molar-refractivity contribution >= 4 is 11.9 Å². The zero-order valence-electron chi connectivity index (χ0n) is 17.2. The summed E-state index contributed by atoms with van der Waals surface area (Å²) >= 11 is 0. The van der Waals surface area contributed by atoms with Gasteiger partial charge >= 0.3 is 11.9 Å². The molecule has 28 heavy (non-hydrogen) atoms. The summed E-state index contributed by atoms with van der Waals surface area (Å²) in [5.74, 6) is -0.838. The summed E-state index contributed by atoms with van der Waals surface area (Å²) in [5.41, 5.74) is -0.125. The largest absolute Gasteiger partial charge is 0.458 e. The second-order valence-electron chi connectivity index (χ2n) is 9.00. The van der Waals surface area contributed by atoms with E-state index in [1.54, 1.807) is 6.92 Å². The molecule has 1 saturated carbocycles. The zero-order chi connectivity index (χ0) is 20.7. The van der Waals surface area contributed by atoms with Crippen molar-refractivity contribution in [2.75, 3.05) is 0 Å². The Morgan fingerprint density at radius 3 is 2.57 bits per heavy atom. The lowest BCUT2D eigenvalue weighted by Crippen LogP contribution is -2.47. The Labute approximate surface area is 166 Å². The molecule has 2 aliphatic heterocycles. The summed E-state index contributed by atoms with van der Waals surface area (Å²) in [5, 5.41) is 11.0. The van der Waals surface area contributed by atoms with Gasteiger partial charge in [-0.2, -0.15) is 0 Å². The molecule has 1 aliphatic carbocycles. The molecule has 1 N–H and O–H groups in total. The first kappa shape index (κ1) is 21.1. The smallest absolute Gasteiger partial charge is 0.334 e. The number of rotatable bonds is 1. The SMILES string of the molecule is C=C1C(=O)OC2CC1CCC1(C)OC1CCC(=C)C(OC(C)=O)CCC2(C)O. The van der Waals surface area contributed by atoms with Crippen molar-refractivity contribution in [2.24, 2.45) is 5.92 Å². The summed E-state index contributed by atoms with van der Waals surface area (Å²) in [7, 11) is 0. The van der Waals surface area contributed by atoms with Crippen LogP contribution in [0.3, 0.4) is 0 Å². The molecular formula is C22H32O6. The third-order valence-electron chi connectivity index (χ3n) is 6.62. The first-order valence-corrected chi connectivity index (χ1v) is 10.2. The number of carbonyl (C=O) groups is 2. The van der Waals surface area contributed by atoms with Gasteiger partial charge in [0, 0.05) is 12.5 Å². The van der Waals surface area contributed by atoms with Crippen molar-refractivity contribution in [2.45, 2.75) is 95.2 Å². The minimum atomic E-state index is -1.22. The van der Waals surface area contributed by atoms with Gasteiger partial charge in [0.2, 0.25) is 0 Å². The number of aliphatic hydroxyl groups is 1. The summed E-state index contributed by atoms with van der Waals surface area (Å²) < 4.78 is 16.9. The van der Waals surface area contributed by atoms with Gasteiger partial charge in [0.1, 0.15) is 12.2 Å². The number of ether oxygens (including phenoxy) is 3. The predicted octanol–water partition coefficient (Wildman–Crippen LogP) is 3.22. The van der Waals surface area contributed by atoms with E-state index < -0.39 is 23.8 Å². The number of hydrogen-bond donors (Lipinski definition) is 1. The van der Waals surface area contributed by atoms with E-state index in [9.17, 15) is 14.7 Å². The molecule has 156 valence electrons. The zero-order valence-corrected chi connectivity index (χ0v) is 17.2. The van der Waals surface area contributed by atoms with Crippen molar-refractivity contribution in [1.82, 2.24) is 0 Å². The first-order valence-electron chi connectivity index (χ1n) is 10.2. The van der Waals surface area contributed by atoms with Crippen LogP contribution in [-0.2, 0) is 23.8 Å². The lowest BCUT2D eigenvalue weighted by Gasteiger charge is -2.39. The quantitative estimate of drug-likeness (QED) is 0.319. The van der Waals surface area contributed by atoms with Crippen LogP contribution in [0, 0.1) is 5.92 Å². The fraction of sp³-hybridized carbons (Fsp3) is 0.727. The average Bonchev–Trinajstić information content (AvgIpc) is 3.27. The van der Waals surface area contributed by atoms with E-state index in [1.807, 2.05) is 0 Å². The molecule has 3 aliphatic rings. The molecule has 0 amide bonds. The summed E-state index contributed by atoms with van der Waals surface area (Å²) in [6.07, 6.45) is 3.48. The van der Waals surface area contributed by atoms with E-state index >= 15 is 0 Å². The molecule has 2 heterocycles. The van der Waals surface area contributed by atoms with Crippen LogP contribution < -0.4 is 0 Å². The molecule has 2 saturated heterocycles. The van der Waals surface area contributed by atoms with Crippen LogP contribution in [0.1, 0.15) is 65.7 Å². The Bertz CT molecular complexity index is 681. The molecule has 2 bridgehead atoms. The standard InChI is InChI=1S/C22H32O6/c1-13-6-7-18-22(5,28-18)11-8-16-12-19(27-20(24)14(16)2)21(4,25)10-9-17(13)26-15(3)23/h16-19,25H,1-2,6-12H2,3-5H3. The van der Waals surface area contributed by atoms with Crippen LogP contribution in [-0.4, -0.2) is 46.6 Å². The van der Waals surface area contributed by atoms with Crippen LogP contribution in [0.15, 0.2) is 24.3 Å². The minimum absolute atomic E-state index is 0.0263. The maximum absolute atomic E-state index is 12.3. The van der Waals surface area contributed by atoms with Gasteiger partial charge in [-0.1, -0.05) is 13.2 Å². The normalized spacial score (nSPS) is 42.1. The lowest BCUT2D eigenvalue weighted by atomic mass is 9.78. The highest BCUT2D eigenvalue weighted by molar-refractivity contribution is 5.89. The minimum Gasteiger partial charge on any atom is -0.458 e. The topological polar surface area (TPSA) is 85.4 Å². The summed E-state index contributed by atoms with van der Waals surface area (Å²) in [6.45, 7) is 13.2. The molecule has 0 aromatic rings. The van der Waals surface area contributed by atoms with Gasteiger partial charge in [-0.05, 0) is 70.3 Å². The fourth-order valence-electron chi connectivity index (χ4n) is 4.44. The maximum Gasteiger partial charge on any atom is 0.334 e. The van der Waals surface area contributed by atoms with Crippen molar-refractivity contribution in [3.63, 3.8) is 0 Å². The van der Waals surface area contributed by atoms with E-state index in [0.717, 1.165) is 24.8 Å². The summed E-state index contributed by atoms with van der Waals surface area (Å²) in [6, 6.07) is 0. The van der Waals surface area contributed by atoms with Gasteiger partial charge in [-0.15, -0.1) is 0 Å². The predicted molar refractivity (Wildman–Crippen MR) is 103 cm³/mol. The molecular weight excluding hydrogens is 360 g/mol. The monoisotopic (exact) mass is 392 g/mol. The molecule has 3 rings (SSSR count). The molecule has 0 aromatic heterocycles. The Balaban J connectivity index is 1.82. The van der Waals surface area contributed by atoms with Crippen molar-refractivity contribution in [3.05, 3.63) is 24.3 Å². The lowest BCUT2D eigenvalue weighted by molar-refractivity contribution is -0.169. The van der Waals surface area contributed by atoms with Crippen LogP contribution in [0.4, 0.5) is 0 Å². The molecule has 0 spiro atoms. The van der Waals surface area contributed by atoms with Gasteiger partial charge in [0.15, 0.2) is 0 Å². The third-order valence-corrected chi connectivity index (χ3v) is 6.62. The number of epoxide rings is 1. The Hall–Kier alpha value is -1.66. The summed E-state index contributed by atoms with van der Waals surface area (Å²) in [4.78, 5) is 23.9. The number of esters is 2. The Morgan fingerprint density at radius 1 is 1.18 bits per heavy atom. The molecule has 6 atom stereocenters. The van der Waals surface area contributed by atoms with Crippen LogP contribution >= 0.6 is 0 Å². The Morgan fingerprint density at radius 2 is 1.89 bits per heavy atom. The second-order valence-corrected chi connectivity index (χ2v) is 9.00. The molecule has 0 radical (unpaired) electrons. The van der Waals surface area contributed by atoms with Gasteiger partial charge in [0.25, 0.3) is 0 Å². The second kappa shape index (κ2) is 7.64. The average molecular weight is 392 g/mol. The molecule has 6 heteroatoms. The van der Waals surface area contributed by atoms with Gasteiger partial charge < -0.3 is 19.3 Å². The van der Waals surface area contributed by atoms with Crippen molar-refractivity contribution < 1.29 is 28.9 Å². The fourth-order valence-corrected chi connectivity index (χ4v) is 4.44. The van der Waals surface area contributed by atoms with Crippen molar-refractivity contribution in [1.29, 1.82) is 0 Å². The molecule has 0 aromatic carbocycles. The molecule has 6 unspecified atom stereocenters. The number of fused-ring (bicyclic) bond motifs is 3. The number of hydrogen-bond acceptors (Lipinski definition) is 6. The van der Waals surface area contributed by atoms with E-state index in [-0.39, 0.29) is 23.6 Å². The van der Waals surface area contributed by atoms with E-state index in [0.29, 0.717) is 31.3 Å². The first-order chi connectivity index (χ1) is 13.0. The highest BCUT2D eigenvalue weighted by Crippen LogP contribution is 2.46. The van der Waals surface area contributed by atoms with Crippen molar-refractivity contribution in [3.8, 4) is 0 Å². The van der Waals surface area contributed by atoms with E-state index in [2.05, 4.69) is 20.1 Å². The highest BCUT2D eigenvalue weighted by atomic mass is 16.6. The highest BCUT2D eigenvalue weighted by Gasteiger charge is 2.52. The van der Waals surface area contributed by atoms with E-state index in [1.165, 1.54) is 6.92 Å². The van der Waals surface area contributed by atoms with E-state index in [4.69, 9.17) is 14.2 Å². The third kappa shape index (κ3) is 4.49. The van der Waals surface area contributed by atoms with Crippen LogP contribution in [0.5, 0.6) is 0 Å². The maximum atomic E-state index is 12.3. The number of carbonyl (C=O) groups excluding carboxylic acids is 2. The van der Waals surface area contributed by atoms with Crippen LogP contribution in [0.2, 0.25) is 0 Å². The van der Waals surface area contributed by atoms with Gasteiger partial charge in [-0.25, -0.2) is 4.79 Å². The van der Waals surface area contributed by atoms with Gasteiger partial charge in [0.05, 0.1) is 17.3 Å². The molecule has 3 fully saturated rings. The Kier molecular flexibility index (Phi) is 5.74.